The van der Waals surface area contributed by atoms with Crippen molar-refractivity contribution in [1.82, 2.24) is 10.2 Å². The van der Waals surface area contributed by atoms with E-state index >= 15 is 0 Å². The molecule has 1 aliphatic heterocycles. The van der Waals surface area contributed by atoms with Gasteiger partial charge in [0.15, 0.2) is 0 Å². The van der Waals surface area contributed by atoms with Gasteiger partial charge in [0.2, 0.25) is 5.91 Å². The lowest BCUT2D eigenvalue weighted by Crippen LogP contribution is -2.52. The van der Waals surface area contributed by atoms with Gasteiger partial charge in [-0.15, -0.1) is 0 Å². The summed E-state index contributed by atoms with van der Waals surface area (Å²) >= 11 is 0. The van der Waals surface area contributed by atoms with Crippen LogP contribution in [0.4, 0.5) is 0 Å². The van der Waals surface area contributed by atoms with Gasteiger partial charge in [0.1, 0.15) is 0 Å². The fourth-order valence-corrected chi connectivity index (χ4v) is 2.85. The average molecular weight is 302 g/mol. The van der Waals surface area contributed by atoms with Crippen molar-refractivity contribution in [2.45, 2.75) is 19.3 Å². The van der Waals surface area contributed by atoms with E-state index < -0.39 is 0 Å². The Bertz CT molecular complexity index is 288. The van der Waals surface area contributed by atoms with Crippen molar-refractivity contribution >= 4 is 5.91 Å². The Kier molecular flexibility index (Phi) is 8.84. The molecule has 1 saturated heterocycles. The first-order valence-electron chi connectivity index (χ1n) is 7.67. The zero-order chi connectivity index (χ0) is 15.6. The summed E-state index contributed by atoms with van der Waals surface area (Å²) in [6.45, 7) is 4.76. The Labute approximate surface area is 128 Å². The minimum atomic E-state index is -0.388. The molecule has 0 radical (unpaired) electrons. The van der Waals surface area contributed by atoms with Gasteiger partial charge in [-0.3, -0.25) is 4.79 Å². The van der Waals surface area contributed by atoms with Crippen LogP contribution in [0.2, 0.25) is 0 Å². The fourth-order valence-electron chi connectivity index (χ4n) is 2.85. The van der Waals surface area contributed by atoms with Crippen molar-refractivity contribution in [3.8, 4) is 0 Å². The summed E-state index contributed by atoms with van der Waals surface area (Å²) in [4.78, 5) is 14.9. The van der Waals surface area contributed by atoms with E-state index in [9.17, 15) is 4.79 Å². The third kappa shape index (κ3) is 5.54. The highest BCUT2D eigenvalue weighted by Crippen LogP contribution is 2.31. The maximum Gasteiger partial charge on any atom is 0.231 e. The molecule has 1 heterocycles. The smallest absolute Gasteiger partial charge is 0.231 e. The van der Waals surface area contributed by atoms with Crippen molar-refractivity contribution in [2.24, 2.45) is 5.41 Å². The predicted octanol–water partition coefficient (Wildman–Crippen LogP) is 0.514. The van der Waals surface area contributed by atoms with Gasteiger partial charge >= 0.3 is 0 Å². The molecule has 0 aromatic heterocycles. The molecule has 124 valence electrons. The number of nitrogens with zero attached hydrogens (tertiary/aromatic N) is 1. The van der Waals surface area contributed by atoms with Crippen LogP contribution >= 0.6 is 0 Å². The van der Waals surface area contributed by atoms with Crippen LogP contribution in [0.3, 0.4) is 0 Å². The first-order chi connectivity index (χ1) is 10.2. The normalized spacial score (nSPS) is 17.7. The minimum absolute atomic E-state index is 0.194. The Hall–Kier alpha value is -0.690. The van der Waals surface area contributed by atoms with E-state index in [4.69, 9.17) is 14.2 Å². The van der Waals surface area contributed by atoms with Gasteiger partial charge in [-0.05, 0) is 32.4 Å². The van der Waals surface area contributed by atoms with Crippen LogP contribution in [0.5, 0.6) is 0 Å². The van der Waals surface area contributed by atoms with Crippen molar-refractivity contribution < 1.29 is 19.0 Å². The van der Waals surface area contributed by atoms with E-state index in [1.807, 2.05) is 4.90 Å². The third-order valence-corrected chi connectivity index (χ3v) is 4.06. The summed E-state index contributed by atoms with van der Waals surface area (Å²) in [5.74, 6) is 0.194. The van der Waals surface area contributed by atoms with Gasteiger partial charge in [-0.2, -0.15) is 0 Å². The van der Waals surface area contributed by atoms with Crippen LogP contribution in [0, 0.1) is 5.41 Å². The number of hydrogen-bond donors (Lipinski definition) is 1. The molecular weight excluding hydrogens is 272 g/mol. The summed E-state index contributed by atoms with van der Waals surface area (Å²) in [5.41, 5.74) is -0.388. The van der Waals surface area contributed by atoms with Crippen LogP contribution in [0.15, 0.2) is 0 Å². The number of nitrogens with one attached hydrogen (secondary N) is 1. The molecule has 0 unspecified atom stereocenters. The standard InChI is InChI=1S/C15H30N2O4/c1-19-11-4-9-17(10-12-20-2)14(18)15(13-21-3)5-7-16-8-6-15/h16H,4-13H2,1-3H3. The van der Waals surface area contributed by atoms with Gasteiger partial charge in [-0.1, -0.05) is 0 Å². The minimum Gasteiger partial charge on any atom is -0.385 e. The lowest BCUT2D eigenvalue weighted by atomic mass is 9.78. The first kappa shape index (κ1) is 18.4. The number of carbonyl (C=O) groups excluding carboxylic acids is 1. The van der Waals surface area contributed by atoms with Crippen molar-refractivity contribution in [3.05, 3.63) is 0 Å². The lowest BCUT2D eigenvalue weighted by Gasteiger charge is -2.39. The number of hydrogen-bond acceptors (Lipinski definition) is 5. The number of carbonyl (C=O) groups is 1. The Morgan fingerprint density at radius 3 is 2.29 bits per heavy atom. The Morgan fingerprint density at radius 2 is 1.71 bits per heavy atom. The average Bonchev–Trinajstić information content (AvgIpc) is 2.51. The molecule has 0 saturated carbocycles. The molecule has 1 rings (SSSR count). The highest BCUT2D eigenvalue weighted by atomic mass is 16.5. The maximum atomic E-state index is 13.0. The van der Waals surface area contributed by atoms with Crippen LogP contribution in [0.25, 0.3) is 0 Å². The SMILES string of the molecule is COCCCN(CCOC)C(=O)C1(COC)CCNCC1. The monoisotopic (exact) mass is 302 g/mol. The van der Waals surface area contributed by atoms with Gasteiger partial charge in [-0.25, -0.2) is 0 Å². The van der Waals surface area contributed by atoms with E-state index in [1.54, 1.807) is 21.3 Å². The van der Waals surface area contributed by atoms with Crippen LogP contribution in [-0.4, -0.2) is 78.1 Å². The second kappa shape index (κ2) is 10.1. The van der Waals surface area contributed by atoms with Gasteiger partial charge in [0.25, 0.3) is 0 Å². The van der Waals surface area contributed by atoms with E-state index in [2.05, 4.69) is 5.32 Å². The first-order valence-corrected chi connectivity index (χ1v) is 7.67. The number of piperidine rings is 1. The zero-order valence-corrected chi connectivity index (χ0v) is 13.7. The number of methoxy groups -OCH3 is 3. The molecule has 0 spiro atoms. The predicted molar refractivity (Wildman–Crippen MR) is 81.4 cm³/mol. The molecule has 21 heavy (non-hydrogen) atoms. The highest BCUT2D eigenvalue weighted by molar-refractivity contribution is 5.83. The molecule has 1 aliphatic rings. The largest absolute Gasteiger partial charge is 0.385 e. The summed E-state index contributed by atoms with van der Waals surface area (Å²) in [7, 11) is 5.01. The van der Waals surface area contributed by atoms with Crippen LogP contribution < -0.4 is 5.32 Å². The fraction of sp³-hybridized carbons (Fsp3) is 0.933. The quantitative estimate of drug-likeness (QED) is 0.596. The number of ether oxygens (including phenoxy) is 3. The number of rotatable bonds is 10. The van der Waals surface area contributed by atoms with E-state index in [0.717, 1.165) is 32.4 Å². The summed E-state index contributed by atoms with van der Waals surface area (Å²) in [5, 5.41) is 3.32. The van der Waals surface area contributed by atoms with E-state index in [1.165, 1.54) is 0 Å². The Balaban J connectivity index is 2.72. The molecular formula is C15H30N2O4. The van der Waals surface area contributed by atoms with Gasteiger partial charge < -0.3 is 24.4 Å². The third-order valence-electron chi connectivity index (χ3n) is 4.06. The molecule has 0 bridgehead atoms. The zero-order valence-electron chi connectivity index (χ0n) is 13.7. The van der Waals surface area contributed by atoms with E-state index in [-0.39, 0.29) is 11.3 Å². The van der Waals surface area contributed by atoms with Gasteiger partial charge in [0.05, 0.1) is 18.6 Å². The molecule has 0 aromatic rings. The number of amides is 1. The van der Waals surface area contributed by atoms with Crippen LogP contribution in [-0.2, 0) is 19.0 Å². The molecule has 6 nitrogen and oxygen atoms in total. The molecule has 1 amide bonds. The summed E-state index contributed by atoms with van der Waals surface area (Å²) < 4.78 is 15.6. The van der Waals surface area contributed by atoms with E-state index in [0.29, 0.717) is 32.9 Å². The summed E-state index contributed by atoms with van der Waals surface area (Å²) in [6.07, 6.45) is 2.49. The molecule has 1 fully saturated rings. The molecule has 0 aliphatic carbocycles. The molecule has 6 heteroatoms. The maximum absolute atomic E-state index is 13.0. The molecule has 0 aromatic carbocycles. The molecule has 0 atom stereocenters. The molecule has 1 N–H and O–H groups in total. The van der Waals surface area contributed by atoms with Gasteiger partial charge in [0, 0.05) is 41.0 Å². The summed E-state index contributed by atoms with van der Waals surface area (Å²) in [6, 6.07) is 0. The second-order valence-electron chi connectivity index (χ2n) is 5.59. The Morgan fingerprint density at radius 1 is 1.05 bits per heavy atom. The van der Waals surface area contributed by atoms with Crippen molar-refractivity contribution in [1.29, 1.82) is 0 Å². The highest BCUT2D eigenvalue weighted by Gasteiger charge is 2.41. The second-order valence-corrected chi connectivity index (χ2v) is 5.59. The van der Waals surface area contributed by atoms with Crippen molar-refractivity contribution in [3.63, 3.8) is 0 Å². The topological polar surface area (TPSA) is 60.0 Å². The van der Waals surface area contributed by atoms with Crippen molar-refractivity contribution in [2.75, 3.05) is 67.3 Å². The lowest BCUT2D eigenvalue weighted by molar-refractivity contribution is -0.148. The van der Waals surface area contributed by atoms with Crippen LogP contribution in [0.1, 0.15) is 19.3 Å².